The molecule has 0 aliphatic heterocycles. The van der Waals surface area contributed by atoms with Gasteiger partial charge in [-0.2, -0.15) is 5.10 Å². The van der Waals surface area contributed by atoms with E-state index in [4.69, 9.17) is 4.74 Å². The normalized spacial score (nSPS) is 24.2. The van der Waals surface area contributed by atoms with Crippen LogP contribution >= 0.6 is 0 Å². The molecule has 3 aliphatic carbocycles. The highest BCUT2D eigenvalue weighted by Gasteiger charge is 2.33. The van der Waals surface area contributed by atoms with E-state index in [2.05, 4.69) is 70.1 Å². The summed E-state index contributed by atoms with van der Waals surface area (Å²) in [5.74, 6) is 1.96. The summed E-state index contributed by atoms with van der Waals surface area (Å²) >= 11 is 0. The zero-order valence-electron chi connectivity index (χ0n) is 26.2. The number of carbonyl (C=O) groups is 1. The van der Waals surface area contributed by atoms with Gasteiger partial charge in [0.2, 0.25) is 15.9 Å². The summed E-state index contributed by atoms with van der Waals surface area (Å²) in [6.45, 7) is 2.81. The van der Waals surface area contributed by atoms with E-state index in [1.54, 1.807) is 7.11 Å². The molecule has 3 aliphatic rings. The highest BCUT2D eigenvalue weighted by atomic mass is 32.2. The number of hydrogen-bond donors (Lipinski definition) is 1. The molecule has 3 aromatic rings. The molecule has 0 bridgehead atoms. The zero-order chi connectivity index (χ0) is 30.8. The van der Waals surface area contributed by atoms with Crippen molar-refractivity contribution in [2.75, 3.05) is 24.8 Å². The summed E-state index contributed by atoms with van der Waals surface area (Å²) in [6.07, 6.45) is 14.8. The van der Waals surface area contributed by atoms with E-state index in [1.165, 1.54) is 30.2 Å². The van der Waals surface area contributed by atoms with Gasteiger partial charge in [0.1, 0.15) is 5.75 Å². The second-order valence-corrected chi connectivity index (χ2v) is 15.1. The van der Waals surface area contributed by atoms with Crippen molar-refractivity contribution in [2.24, 2.45) is 11.8 Å². The molecule has 1 N–H and O–H groups in total. The molecule has 0 unspecified atom stereocenters. The molecule has 0 atom stereocenters. The monoisotopic (exact) mass is 618 g/mol. The summed E-state index contributed by atoms with van der Waals surface area (Å²) < 4.78 is 33.8. The second kappa shape index (κ2) is 13.1. The standard InChI is InChI=1S/C35H46N4O4S/c1-24-19-29(13-18-34(24)43-2)26-9-7-25(8-10-26)22-38(35(40)27-11-14-31(15-12-27)37-44(3,41)42)33-6-4-5-28(20-33)30-21-36-39(23-30)32-16-17-32/h4-6,13,18-21,23,25-27,31-32,37H,7-12,14-17,22H2,1-3H3. The van der Waals surface area contributed by atoms with Gasteiger partial charge >= 0.3 is 0 Å². The number of sulfonamides is 1. The minimum atomic E-state index is -3.26. The highest BCUT2D eigenvalue weighted by Crippen LogP contribution is 2.39. The smallest absolute Gasteiger partial charge is 0.230 e. The molecule has 0 saturated heterocycles. The first-order chi connectivity index (χ1) is 21.2. The van der Waals surface area contributed by atoms with Crippen LogP contribution in [0.3, 0.4) is 0 Å². The maximum atomic E-state index is 14.3. The summed E-state index contributed by atoms with van der Waals surface area (Å²) in [7, 11) is -1.54. The fourth-order valence-corrected chi connectivity index (χ4v) is 8.12. The number of ether oxygens (including phenoxy) is 1. The van der Waals surface area contributed by atoms with E-state index in [0.29, 0.717) is 50.1 Å². The summed E-state index contributed by atoms with van der Waals surface area (Å²) in [4.78, 5) is 16.3. The summed E-state index contributed by atoms with van der Waals surface area (Å²) in [5, 5.41) is 4.59. The Bertz CT molecular complexity index is 1560. The average Bonchev–Trinajstić information content (AvgIpc) is 3.75. The number of rotatable bonds is 10. The lowest BCUT2D eigenvalue weighted by Gasteiger charge is -2.36. The molecule has 1 heterocycles. The minimum absolute atomic E-state index is 0.0919. The van der Waals surface area contributed by atoms with E-state index < -0.39 is 10.0 Å². The Morgan fingerprint density at radius 1 is 0.977 bits per heavy atom. The molecule has 6 rings (SSSR count). The third kappa shape index (κ3) is 7.37. The summed E-state index contributed by atoms with van der Waals surface area (Å²) in [5.41, 5.74) is 5.65. The number of nitrogens with zero attached hydrogens (tertiary/aromatic N) is 3. The lowest BCUT2D eigenvalue weighted by Crippen LogP contribution is -2.44. The van der Waals surface area contributed by atoms with Gasteiger partial charge in [0.25, 0.3) is 0 Å². The number of aromatic nitrogens is 2. The SMILES string of the molecule is COc1ccc(C2CCC(CN(C(=O)C3CCC(NS(C)(=O)=O)CC3)c3cccc(-c4cnn(C5CC5)c4)c3)CC2)cc1C. The molecule has 1 aromatic heterocycles. The molecule has 3 fully saturated rings. The van der Waals surface area contributed by atoms with Crippen LogP contribution in [0, 0.1) is 18.8 Å². The van der Waals surface area contributed by atoms with Crippen LogP contribution in [0.25, 0.3) is 11.1 Å². The van der Waals surface area contributed by atoms with E-state index >= 15 is 0 Å². The molecule has 3 saturated carbocycles. The maximum Gasteiger partial charge on any atom is 0.230 e. The van der Waals surface area contributed by atoms with Crippen LogP contribution in [0.15, 0.2) is 54.9 Å². The van der Waals surface area contributed by atoms with E-state index in [1.807, 2.05) is 11.1 Å². The Labute approximate surface area is 262 Å². The van der Waals surface area contributed by atoms with Crippen molar-refractivity contribution < 1.29 is 17.9 Å². The van der Waals surface area contributed by atoms with Gasteiger partial charge in [-0.1, -0.05) is 24.3 Å². The lowest BCUT2D eigenvalue weighted by atomic mass is 9.78. The predicted octanol–water partition coefficient (Wildman–Crippen LogP) is 6.62. The predicted molar refractivity (Wildman–Crippen MR) is 174 cm³/mol. The van der Waals surface area contributed by atoms with Gasteiger partial charge in [-0.25, -0.2) is 13.1 Å². The van der Waals surface area contributed by atoms with Crippen LogP contribution in [0.5, 0.6) is 5.75 Å². The number of benzene rings is 2. The number of hydrogen-bond acceptors (Lipinski definition) is 5. The minimum Gasteiger partial charge on any atom is -0.496 e. The van der Waals surface area contributed by atoms with E-state index in [-0.39, 0.29) is 17.9 Å². The number of methoxy groups -OCH3 is 1. The number of carbonyl (C=O) groups excluding carboxylic acids is 1. The molecule has 9 heteroatoms. The number of anilines is 1. The molecule has 2 aromatic carbocycles. The number of aryl methyl sites for hydroxylation is 1. The van der Waals surface area contributed by atoms with Gasteiger partial charge < -0.3 is 9.64 Å². The highest BCUT2D eigenvalue weighted by molar-refractivity contribution is 7.88. The van der Waals surface area contributed by atoms with Crippen LogP contribution in [0.4, 0.5) is 5.69 Å². The van der Waals surface area contributed by atoms with Gasteiger partial charge in [-0.3, -0.25) is 9.48 Å². The maximum absolute atomic E-state index is 14.3. The molecule has 8 nitrogen and oxygen atoms in total. The van der Waals surface area contributed by atoms with E-state index in [0.717, 1.165) is 48.2 Å². The first-order valence-electron chi connectivity index (χ1n) is 16.2. The first kappa shape index (κ1) is 30.8. The van der Waals surface area contributed by atoms with Gasteiger partial charge in [-0.15, -0.1) is 0 Å². The summed E-state index contributed by atoms with van der Waals surface area (Å²) in [6, 6.07) is 15.4. The van der Waals surface area contributed by atoms with Crippen molar-refractivity contribution in [3.63, 3.8) is 0 Å². The molecule has 236 valence electrons. The van der Waals surface area contributed by atoms with Gasteiger partial charge in [0.05, 0.1) is 25.6 Å². The van der Waals surface area contributed by atoms with Crippen molar-refractivity contribution in [1.29, 1.82) is 0 Å². The average molecular weight is 619 g/mol. The lowest BCUT2D eigenvalue weighted by molar-refractivity contribution is -0.123. The topological polar surface area (TPSA) is 93.5 Å². The number of amides is 1. The Kier molecular flexibility index (Phi) is 9.15. The molecule has 0 radical (unpaired) electrons. The Balaban J connectivity index is 1.18. The van der Waals surface area contributed by atoms with Crippen LogP contribution < -0.4 is 14.4 Å². The van der Waals surface area contributed by atoms with Crippen molar-refractivity contribution in [3.8, 4) is 16.9 Å². The third-order valence-electron chi connectivity index (χ3n) is 9.91. The van der Waals surface area contributed by atoms with Gasteiger partial charge in [0, 0.05) is 36.0 Å². The van der Waals surface area contributed by atoms with Crippen molar-refractivity contribution >= 4 is 21.6 Å². The first-order valence-corrected chi connectivity index (χ1v) is 18.1. The molecular weight excluding hydrogens is 572 g/mol. The van der Waals surface area contributed by atoms with Crippen molar-refractivity contribution in [3.05, 3.63) is 66.0 Å². The molecular formula is C35H46N4O4S. The van der Waals surface area contributed by atoms with Gasteiger partial charge in [0.15, 0.2) is 0 Å². The van der Waals surface area contributed by atoms with Gasteiger partial charge in [-0.05, 0) is 118 Å². The fourth-order valence-electron chi connectivity index (χ4n) is 7.28. The largest absolute Gasteiger partial charge is 0.496 e. The quantitative estimate of drug-likeness (QED) is 0.276. The molecule has 0 spiro atoms. The second-order valence-electron chi connectivity index (χ2n) is 13.3. The van der Waals surface area contributed by atoms with Crippen molar-refractivity contribution in [2.45, 2.75) is 89.1 Å². The van der Waals surface area contributed by atoms with E-state index in [9.17, 15) is 13.2 Å². The zero-order valence-corrected chi connectivity index (χ0v) is 27.1. The molecule has 44 heavy (non-hydrogen) atoms. The fraction of sp³-hybridized carbons (Fsp3) is 0.543. The Morgan fingerprint density at radius 3 is 2.39 bits per heavy atom. The van der Waals surface area contributed by atoms with Crippen LogP contribution in [0.2, 0.25) is 0 Å². The number of nitrogens with one attached hydrogen (secondary N) is 1. The van der Waals surface area contributed by atoms with Crippen molar-refractivity contribution in [1.82, 2.24) is 14.5 Å². The van der Waals surface area contributed by atoms with Crippen LogP contribution in [0.1, 0.15) is 87.3 Å². The van der Waals surface area contributed by atoms with Crippen LogP contribution in [-0.2, 0) is 14.8 Å². The third-order valence-corrected chi connectivity index (χ3v) is 10.7. The Hall–Kier alpha value is -3.17. The molecule has 1 amide bonds. The van der Waals surface area contributed by atoms with Crippen LogP contribution in [-0.4, -0.2) is 50.1 Å². The Morgan fingerprint density at radius 2 is 1.73 bits per heavy atom.